The number of nitrogens with one attached hydrogen (secondary N) is 1. The maximum atomic E-state index is 13.8. The summed E-state index contributed by atoms with van der Waals surface area (Å²) in [7, 11) is 0. The molecule has 2 nitrogen and oxygen atoms in total. The highest BCUT2D eigenvalue weighted by Gasteiger charge is 2.23. The molecule has 2 rings (SSSR count). The van der Waals surface area contributed by atoms with E-state index in [1.54, 1.807) is 13.0 Å². The Hall–Kier alpha value is -1.42. The first-order valence-electron chi connectivity index (χ1n) is 6.36. The number of rotatable bonds is 3. The largest absolute Gasteiger partial charge is 0.346 e. The van der Waals surface area contributed by atoms with Crippen LogP contribution >= 0.6 is 11.3 Å². The zero-order valence-electron chi connectivity index (χ0n) is 11.6. The number of hydrogen-bond donors (Lipinski definition) is 1. The molecule has 0 fully saturated rings. The maximum absolute atomic E-state index is 13.8. The van der Waals surface area contributed by atoms with Crippen molar-refractivity contribution in [2.75, 3.05) is 0 Å². The topological polar surface area (TPSA) is 29.1 Å². The molecule has 19 heavy (non-hydrogen) atoms. The van der Waals surface area contributed by atoms with Crippen molar-refractivity contribution in [3.63, 3.8) is 0 Å². The Kier molecular flexibility index (Phi) is 3.63. The lowest BCUT2D eigenvalue weighted by Gasteiger charge is -2.24. The van der Waals surface area contributed by atoms with Crippen LogP contribution in [0.25, 0.3) is 10.1 Å². The first kappa shape index (κ1) is 14.0. The fraction of sp³-hybridized carbons (Fsp3) is 0.400. The Morgan fingerprint density at radius 2 is 2.11 bits per heavy atom. The first-order valence-corrected chi connectivity index (χ1v) is 7.17. The van der Waals surface area contributed by atoms with E-state index in [1.165, 1.54) is 17.4 Å². The normalized spacial score (nSPS) is 11.8. The van der Waals surface area contributed by atoms with E-state index in [1.807, 2.05) is 26.8 Å². The first-order chi connectivity index (χ1) is 8.85. The molecule has 102 valence electrons. The standard InChI is InChI=1S/C15H18FNOS/c1-5-15(3,4)17-14(18)13-9(2)12-10(16)7-6-8-11(12)19-13/h6-8H,5H2,1-4H3,(H,17,18). The van der Waals surface area contributed by atoms with Crippen LogP contribution in [0.1, 0.15) is 42.4 Å². The van der Waals surface area contributed by atoms with Gasteiger partial charge in [-0.05, 0) is 44.9 Å². The number of halogens is 1. The summed E-state index contributed by atoms with van der Waals surface area (Å²) >= 11 is 1.35. The highest BCUT2D eigenvalue weighted by atomic mass is 32.1. The molecule has 1 N–H and O–H groups in total. The van der Waals surface area contributed by atoms with Gasteiger partial charge in [0.2, 0.25) is 0 Å². The minimum Gasteiger partial charge on any atom is -0.346 e. The SMILES string of the molecule is CCC(C)(C)NC(=O)c1sc2cccc(F)c2c1C. The van der Waals surface area contributed by atoms with Crippen molar-refractivity contribution >= 4 is 27.3 Å². The highest BCUT2D eigenvalue weighted by Crippen LogP contribution is 2.32. The molecule has 1 heterocycles. The van der Waals surface area contributed by atoms with E-state index in [0.29, 0.717) is 10.3 Å². The Labute approximate surface area is 116 Å². The molecule has 0 atom stereocenters. The van der Waals surface area contributed by atoms with Gasteiger partial charge < -0.3 is 5.32 Å². The van der Waals surface area contributed by atoms with Crippen molar-refractivity contribution in [2.24, 2.45) is 0 Å². The molecule has 1 aromatic carbocycles. The fourth-order valence-electron chi connectivity index (χ4n) is 1.92. The van der Waals surface area contributed by atoms with Gasteiger partial charge in [0.25, 0.3) is 5.91 Å². The Balaban J connectivity index is 2.44. The van der Waals surface area contributed by atoms with Crippen molar-refractivity contribution in [3.8, 4) is 0 Å². The van der Waals surface area contributed by atoms with Gasteiger partial charge in [-0.15, -0.1) is 11.3 Å². The van der Waals surface area contributed by atoms with Crippen LogP contribution in [0.2, 0.25) is 0 Å². The second-order valence-electron chi connectivity index (χ2n) is 5.36. The van der Waals surface area contributed by atoms with Crippen LogP contribution in [-0.2, 0) is 0 Å². The molecule has 0 bridgehead atoms. The molecule has 0 unspecified atom stereocenters. The van der Waals surface area contributed by atoms with Gasteiger partial charge in [-0.2, -0.15) is 0 Å². The maximum Gasteiger partial charge on any atom is 0.262 e. The van der Waals surface area contributed by atoms with Crippen LogP contribution in [0.15, 0.2) is 18.2 Å². The summed E-state index contributed by atoms with van der Waals surface area (Å²) in [6, 6.07) is 4.95. The molecular weight excluding hydrogens is 261 g/mol. The quantitative estimate of drug-likeness (QED) is 0.893. The molecule has 0 saturated carbocycles. The van der Waals surface area contributed by atoms with E-state index in [4.69, 9.17) is 0 Å². The summed E-state index contributed by atoms with van der Waals surface area (Å²) in [4.78, 5) is 12.9. The lowest BCUT2D eigenvalue weighted by atomic mass is 10.0. The number of aryl methyl sites for hydroxylation is 1. The molecule has 0 aliphatic carbocycles. The molecule has 0 spiro atoms. The van der Waals surface area contributed by atoms with Gasteiger partial charge in [0, 0.05) is 15.6 Å². The average Bonchev–Trinajstić information content (AvgIpc) is 2.68. The molecular formula is C15H18FNOS. The van der Waals surface area contributed by atoms with Gasteiger partial charge in [0.15, 0.2) is 0 Å². The average molecular weight is 279 g/mol. The van der Waals surface area contributed by atoms with Crippen LogP contribution in [0.5, 0.6) is 0 Å². The third kappa shape index (κ3) is 2.63. The molecule has 2 aromatic rings. The number of benzene rings is 1. The molecule has 4 heteroatoms. The predicted molar refractivity (Wildman–Crippen MR) is 78.4 cm³/mol. The third-order valence-electron chi connectivity index (χ3n) is 3.45. The summed E-state index contributed by atoms with van der Waals surface area (Å²) in [6.07, 6.45) is 0.844. The minimum atomic E-state index is -0.264. The number of thiophene rings is 1. The molecule has 0 saturated heterocycles. The van der Waals surface area contributed by atoms with Crippen molar-refractivity contribution in [3.05, 3.63) is 34.5 Å². The smallest absolute Gasteiger partial charge is 0.262 e. The monoisotopic (exact) mass is 279 g/mol. The fourth-order valence-corrected chi connectivity index (χ4v) is 3.04. The number of fused-ring (bicyclic) bond motifs is 1. The van der Waals surface area contributed by atoms with E-state index >= 15 is 0 Å². The number of hydrogen-bond acceptors (Lipinski definition) is 2. The van der Waals surface area contributed by atoms with Crippen LogP contribution in [0, 0.1) is 12.7 Å². The predicted octanol–water partition coefficient (Wildman–Crippen LogP) is 4.27. The van der Waals surface area contributed by atoms with E-state index in [2.05, 4.69) is 5.32 Å². The molecule has 1 amide bonds. The lowest BCUT2D eigenvalue weighted by Crippen LogP contribution is -2.42. The van der Waals surface area contributed by atoms with Gasteiger partial charge in [-0.1, -0.05) is 13.0 Å². The van der Waals surface area contributed by atoms with Crippen molar-refractivity contribution < 1.29 is 9.18 Å². The van der Waals surface area contributed by atoms with Gasteiger partial charge in [-0.3, -0.25) is 4.79 Å². The van der Waals surface area contributed by atoms with Crippen LogP contribution < -0.4 is 5.32 Å². The number of amides is 1. The van der Waals surface area contributed by atoms with Gasteiger partial charge in [0.05, 0.1) is 4.88 Å². The van der Waals surface area contributed by atoms with Crippen molar-refractivity contribution in [1.29, 1.82) is 0 Å². The van der Waals surface area contributed by atoms with Crippen LogP contribution in [0.3, 0.4) is 0 Å². The van der Waals surface area contributed by atoms with E-state index in [9.17, 15) is 9.18 Å². The number of carbonyl (C=O) groups is 1. The molecule has 1 aromatic heterocycles. The summed E-state index contributed by atoms with van der Waals surface area (Å²) in [5.74, 6) is -0.384. The number of carbonyl (C=O) groups excluding carboxylic acids is 1. The van der Waals surface area contributed by atoms with Crippen molar-refractivity contribution in [2.45, 2.75) is 39.7 Å². The van der Waals surface area contributed by atoms with E-state index < -0.39 is 0 Å². The Bertz CT molecular complexity index is 630. The van der Waals surface area contributed by atoms with Crippen LogP contribution in [-0.4, -0.2) is 11.4 Å². The summed E-state index contributed by atoms with van der Waals surface area (Å²) in [5.41, 5.74) is 0.473. The Morgan fingerprint density at radius 1 is 1.42 bits per heavy atom. The Morgan fingerprint density at radius 3 is 2.68 bits per heavy atom. The molecule has 0 aliphatic heterocycles. The van der Waals surface area contributed by atoms with Gasteiger partial charge in [-0.25, -0.2) is 4.39 Å². The third-order valence-corrected chi connectivity index (χ3v) is 4.70. The zero-order valence-corrected chi connectivity index (χ0v) is 12.5. The molecule has 0 aliphatic rings. The summed E-state index contributed by atoms with van der Waals surface area (Å²) < 4.78 is 14.6. The lowest BCUT2D eigenvalue weighted by molar-refractivity contribution is 0.0915. The van der Waals surface area contributed by atoms with Gasteiger partial charge in [0.1, 0.15) is 5.82 Å². The van der Waals surface area contributed by atoms with E-state index in [-0.39, 0.29) is 17.3 Å². The second kappa shape index (κ2) is 4.93. The van der Waals surface area contributed by atoms with Crippen LogP contribution in [0.4, 0.5) is 4.39 Å². The second-order valence-corrected chi connectivity index (χ2v) is 6.41. The summed E-state index contributed by atoms with van der Waals surface area (Å²) in [6.45, 7) is 7.79. The zero-order chi connectivity index (χ0) is 14.2. The van der Waals surface area contributed by atoms with Gasteiger partial charge >= 0.3 is 0 Å². The van der Waals surface area contributed by atoms with E-state index in [0.717, 1.165) is 16.7 Å². The highest BCUT2D eigenvalue weighted by molar-refractivity contribution is 7.21. The molecule has 0 radical (unpaired) electrons. The minimum absolute atomic E-state index is 0.120. The van der Waals surface area contributed by atoms with Crippen molar-refractivity contribution in [1.82, 2.24) is 5.32 Å². The summed E-state index contributed by atoms with van der Waals surface area (Å²) in [5, 5.41) is 3.55.